The number of nitrogens with zero attached hydrogens (tertiary/aromatic N) is 2. The summed E-state index contributed by atoms with van der Waals surface area (Å²) in [6.45, 7) is 0. The van der Waals surface area contributed by atoms with E-state index in [0.29, 0.717) is 16.4 Å². The molecule has 8 heteroatoms. The molecule has 1 aromatic carbocycles. The molecular formula is C11H12N6OS. The van der Waals surface area contributed by atoms with Crippen LogP contribution in [-0.4, -0.2) is 16.9 Å². The van der Waals surface area contributed by atoms with Crippen LogP contribution in [0.25, 0.3) is 11.3 Å². The van der Waals surface area contributed by atoms with Crippen LogP contribution in [0.2, 0.25) is 0 Å². The smallest absolute Gasteiger partial charge is 0.265 e. The van der Waals surface area contributed by atoms with Gasteiger partial charge >= 0.3 is 0 Å². The Morgan fingerprint density at radius 3 is 2.84 bits per heavy atom. The fourth-order valence-electron chi connectivity index (χ4n) is 1.46. The van der Waals surface area contributed by atoms with Crippen molar-refractivity contribution in [1.82, 2.24) is 10.4 Å². The number of rotatable bonds is 3. The first-order chi connectivity index (χ1) is 9.10. The van der Waals surface area contributed by atoms with Gasteiger partial charge in [-0.25, -0.2) is 10.8 Å². The molecule has 0 radical (unpaired) electrons. The lowest BCUT2D eigenvalue weighted by atomic mass is 10.1. The third-order valence-corrected chi connectivity index (χ3v) is 3.00. The Morgan fingerprint density at radius 2 is 2.16 bits per heavy atom. The molecule has 0 unspecified atom stereocenters. The molecule has 19 heavy (non-hydrogen) atoms. The summed E-state index contributed by atoms with van der Waals surface area (Å²) in [5.74, 6) is 4.69. The van der Waals surface area contributed by atoms with E-state index in [0.717, 1.165) is 5.56 Å². The number of carbonyl (C=O) groups is 1. The molecule has 0 atom stereocenters. The van der Waals surface area contributed by atoms with Crippen molar-refractivity contribution in [2.45, 2.75) is 0 Å². The van der Waals surface area contributed by atoms with E-state index in [-0.39, 0.29) is 11.9 Å². The second-order valence-corrected chi connectivity index (χ2v) is 4.44. The number of benzene rings is 1. The zero-order valence-electron chi connectivity index (χ0n) is 9.83. The summed E-state index contributed by atoms with van der Waals surface area (Å²) in [6.07, 6.45) is 0. The first-order valence-electron chi connectivity index (χ1n) is 5.26. The van der Waals surface area contributed by atoms with E-state index in [2.05, 4.69) is 15.4 Å². The summed E-state index contributed by atoms with van der Waals surface area (Å²) in [7, 11) is 0. The minimum absolute atomic E-state index is 0.0443. The third-order valence-electron chi connectivity index (χ3n) is 2.27. The molecule has 2 rings (SSSR count). The van der Waals surface area contributed by atoms with Gasteiger partial charge in [0.1, 0.15) is 0 Å². The number of thiazole rings is 1. The second kappa shape index (κ2) is 5.46. The zero-order chi connectivity index (χ0) is 13.8. The van der Waals surface area contributed by atoms with Crippen molar-refractivity contribution in [3.63, 3.8) is 0 Å². The monoisotopic (exact) mass is 276 g/mol. The molecule has 0 saturated heterocycles. The Balaban J connectivity index is 2.34. The maximum Gasteiger partial charge on any atom is 0.265 e. The summed E-state index contributed by atoms with van der Waals surface area (Å²) >= 11 is 1.31. The van der Waals surface area contributed by atoms with Gasteiger partial charge in [0, 0.05) is 16.5 Å². The van der Waals surface area contributed by atoms with Gasteiger partial charge in [-0.05, 0) is 12.1 Å². The van der Waals surface area contributed by atoms with Gasteiger partial charge in [-0.2, -0.15) is 4.99 Å². The SMILES string of the molecule is NNC(=O)c1cccc(-c2csc(N=C(N)N)n2)c1. The Bertz CT molecular complexity index is 632. The van der Waals surface area contributed by atoms with E-state index in [9.17, 15) is 4.79 Å². The molecule has 0 spiro atoms. The number of aromatic nitrogens is 1. The van der Waals surface area contributed by atoms with Gasteiger partial charge in [-0.15, -0.1) is 11.3 Å². The van der Waals surface area contributed by atoms with Crippen LogP contribution in [-0.2, 0) is 0 Å². The summed E-state index contributed by atoms with van der Waals surface area (Å²) in [5, 5.41) is 2.27. The largest absolute Gasteiger partial charge is 0.370 e. The maximum atomic E-state index is 11.4. The molecule has 0 aliphatic heterocycles. The molecule has 0 aliphatic rings. The fraction of sp³-hybridized carbons (Fsp3) is 0. The van der Waals surface area contributed by atoms with E-state index >= 15 is 0 Å². The van der Waals surface area contributed by atoms with Crippen LogP contribution < -0.4 is 22.7 Å². The summed E-state index contributed by atoms with van der Waals surface area (Å²) < 4.78 is 0. The van der Waals surface area contributed by atoms with Crippen molar-refractivity contribution in [3.05, 3.63) is 35.2 Å². The van der Waals surface area contributed by atoms with Gasteiger partial charge in [0.2, 0.25) is 5.13 Å². The molecular weight excluding hydrogens is 264 g/mol. The lowest BCUT2D eigenvalue weighted by Gasteiger charge is -2.01. The number of amides is 1. The zero-order valence-corrected chi connectivity index (χ0v) is 10.6. The number of nitrogen functional groups attached to an aromatic ring is 1. The summed E-state index contributed by atoms with van der Waals surface area (Å²) in [6, 6.07) is 6.94. The number of hydrogen-bond donors (Lipinski definition) is 4. The number of nitrogens with two attached hydrogens (primary N) is 3. The fourth-order valence-corrected chi connectivity index (χ4v) is 2.18. The minimum atomic E-state index is -0.360. The van der Waals surface area contributed by atoms with E-state index in [4.69, 9.17) is 17.3 Å². The lowest BCUT2D eigenvalue weighted by molar-refractivity contribution is 0.0953. The van der Waals surface area contributed by atoms with Gasteiger partial charge in [0.15, 0.2) is 5.96 Å². The molecule has 0 fully saturated rings. The Labute approximate surface area is 113 Å². The molecule has 7 nitrogen and oxygen atoms in total. The molecule has 1 aromatic heterocycles. The van der Waals surface area contributed by atoms with Crippen LogP contribution in [0.3, 0.4) is 0 Å². The molecule has 98 valence electrons. The van der Waals surface area contributed by atoms with Crippen molar-refractivity contribution in [1.29, 1.82) is 0 Å². The van der Waals surface area contributed by atoms with Gasteiger partial charge in [0.05, 0.1) is 5.69 Å². The topological polar surface area (TPSA) is 132 Å². The van der Waals surface area contributed by atoms with Crippen LogP contribution in [0, 0.1) is 0 Å². The van der Waals surface area contributed by atoms with Crippen molar-refractivity contribution in [3.8, 4) is 11.3 Å². The quantitative estimate of drug-likeness (QED) is 0.211. The lowest BCUT2D eigenvalue weighted by Crippen LogP contribution is -2.29. The molecule has 1 amide bonds. The highest BCUT2D eigenvalue weighted by molar-refractivity contribution is 7.13. The van der Waals surface area contributed by atoms with Crippen LogP contribution in [0.1, 0.15) is 10.4 Å². The summed E-state index contributed by atoms with van der Waals surface area (Å²) in [5.41, 5.74) is 14.6. The van der Waals surface area contributed by atoms with Crippen LogP contribution in [0.15, 0.2) is 34.6 Å². The highest BCUT2D eigenvalue weighted by atomic mass is 32.1. The minimum Gasteiger partial charge on any atom is -0.370 e. The Morgan fingerprint density at radius 1 is 1.37 bits per heavy atom. The first kappa shape index (κ1) is 13.0. The normalized spacial score (nSPS) is 9.95. The Kier molecular flexibility index (Phi) is 3.74. The molecule has 2 aromatic rings. The molecule has 0 bridgehead atoms. The van der Waals surface area contributed by atoms with Gasteiger partial charge < -0.3 is 11.5 Å². The van der Waals surface area contributed by atoms with Crippen molar-refractivity contribution in [2.75, 3.05) is 0 Å². The number of aliphatic imine (C=N–C) groups is 1. The predicted octanol–water partition coefficient (Wildman–Crippen LogP) is 0.318. The molecule has 0 aliphatic carbocycles. The predicted molar refractivity (Wildman–Crippen MR) is 74.7 cm³/mol. The highest BCUT2D eigenvalue weighted by Gasteiger charge is 2.08. The van der Waals surface area contributed by atoms with Gasteiger partial charge in [-0.1, -0.05) is 12.1 Å². The van der Waals surface area contributed by atoms with Crippen molar-refractivity contribution in [2.24, 2.45) is 22.3 Å². The van der Waals surface area contributed by atoms with Crippen LogP contribution in [0.4, 0.5) is 5.13 Å². The number of hydrazine groups is 1. The Hall–Kier alpha value is -2.45. The second-order valence-electron chi connectivity index (χ2n) is 3.61. The number of carbonyl (C=O) groups excluding carboxylic acids is 1. The van der Waals surface area contributed by atoms with Crippen molar-refractivity contribution < 1.29 is 4.79 Å². The third kappa shape index (κ3) is 3.06. The maximum absolute atomic E-state index is 11.4. The van der Waals surface area contributed by atoms with Gasteiger partial charge in [-0.3, -0.25) is 10.2 Å². The van der Waals surface area contributed by atoms with E-state index in [1.54, 1.807) is 23.6 Å². The average molecular weight is 276 g/mol. The number of nitrogens with one attached hydrogen (secondary N) is 1. The standard InChI is InChI=1S/C11H12N6OS/c12-10(13)16-11-15-8(5-19-11)6-2-1-3-7(4-6)9(18)17-14/h1-5H,14H2,(H,17,18)(H4,12,13,15,16). The van der Waals surface area contributed by atoms with Crippen LogP contribution in [0.5, 0.6) is 0 Å². The number of hydrogen-bond acceptors (Lipinski definition) is 5. The average Bonchev–Trinajstić information content (AvgIpc) is 2.85. The molecule has 1 heterocycles. The molecule has 7 N–H and O–H groups in total. The van der Waals surface area contributed by atoms with Crippen LogP contribution >= 0.6 is 11.3 Å². The van der Waals surface area contributed by atoms with E-state index in [1.807, 2.05) is 6.07 Å². The van der Waals surface area contributed by atoms with Crippen molar-refractivity contribution >= 4 is 28.3 Å². The van der Waals surface area contributed by atoms with E-state index < -0.39 is 0 Å². The number of guanidine groups is 1. The molecule has 0 saturated carbocycles. The first-order valence-corrected chi connectivity index (χ1v) is 6.14. The van der Waals surface area contributed by atoms with E-state index in [1.165, 1.54) is 11.3 Å². The highest BCUT2D eigenvalue weighted by Crippen LogP contribution is 2.27. The van der Waals surface area contributed by atoms with Gasteiger partial charge in [0.25, 0.3) is 5.91 Å². The summed E-state index contributed by atoms with van der Waals surface area (Å²) in [4.78, 5) is 19.6.